The van der Waals surface area contributed by atoms with E-state index in [9.17, 15) is 0 Å². The largest absolute Gasteiger partial charge is 0.497 e. The van der Waals surface area contributed by atoms with Gasteiger partial charge in [-0.2, -0.15) is 5.10 Å². The molecule has 0 saturated carbocycles. The molecule has 0 atom stereocenters. The van der Waals surface area contributed by atoms with Crippen LogP contribution in [0, 0.1) is 4.77 Å². The number of aromatic nitrogens is 3. The molecule has 2 rings (SSSR count). The summed E-state index contributed by atoms with van der Waals surface area (Å²) in [6, 6.07) is 5.65. The highest BCUT2D eigenvalue weighted by Gasteiger charge is 2.10. The van der Waals surface area contributed by atoms with E-state index in [0.717, 1.165) is 35.9 Å². The van der Waals surface area contributed by atoms with Crippen LogP contribution in [0.1, 0.15) is 19.2 Å². The van der Waals surface area contributed by atoms with E-state index in [1.54, 1.807) is 14.2 Å². The maximum absolute atomic E-state index is 5.29. The summed E-state index contributed by atoms with van der Waals surface area (Å²) in [6.07, 6.45) is 1.85. The molecule has 0 unspecified atom stereocenters. The molecule has 0 amide bonds. The number of ether oxygens (including phenoxy) is 2. The van der Waals surface area contributed by atoms with Gasteiger partial charge in [-0.05, 0) is 18.6 Å². The molecule has 1 aromatic carbocycles. The Morgan fingerprint density at radius 1 is 1.21 bits per heavy atom. The molecule has 19 heavy (non-hydrogen) atoms. The molecule has 2 aromatic rings. The number of aromatic amines is 1. The minimum Gasteiger partial charge on any atom is -0.497 e. The lowest BCUT2D eigenvalue weighted by Gasteiger charge is -2.10. The van der Waals surface area contributed by atoms with Crippen molar-refractivity contribution < 1.29 is 9.47 Å². The molecule has 0 aliphatic rings. The van der Waals surface area contributed by atoms with Gasteiger partial charge in [0.2, 0.25) is 0 Å². The summed E-state index contributed by atoms with van der Waals surface area (Å²) in [4.78, 5) is 0. The molecular weight excluding hydrogens is 262 g/mol. The number of rotatable bonds is 5. The molecule has 1 heterocycles. The van der Waals surface area contributed by atoms with Crippen LogP contribution < -0.4 is 9.47 Å². The van der Waals surface area contributed by atoms with Crippen molar-refractivity contribution in [1.29, 1.82) is 0 Å². The first kappa shape index (κ1) is 13.6. The SMILES string of the molecule is CCCc1n[nH]c(=S)n1-c1cc(OC)cc(OC)c1. The monoisotopic (exact) mass is 279 g/mol. The number of hydrogen-bond donors (Lipinski definition) is 1. The molecule has 5 nitrogen and oxygen atoms in total. The van der Waals surface area contributed by atoms with Crippen LogP contribution in [0.15, 0.2) is 18.2 Å². The Morgan fingerprint density at radius 2 is 1.84 bits per heavy atom. The Balaban J connectivity index is 2.57. The van der Waals surface area contributed by atoms with Gasteiger partial charge in [0.15, 0.2) is 4.77 Å². The highest BCUT2D eigenvalue weighted by atomic mass is 32.1. The fourth-order valence-electron chi connectivity index (χ4n) is 1.91. The lowest BCUT2D eigenvalue weighted by atomic mass is 10.2. The summed E-state index contributed by atoms with van der Waals surface area (Å²) in [5, 5.41) is 7.09. The normalized spacial score (nSPS) is 10.5. The number of nitrogens with zero attached hydrogens (tertiary/aromatic N) is 2. The molecule has 0 aliphatic heterocycles. The molecule has 1 N–H and O–H groups in total. The van der Waals surface area contributed by atoms with Gasteiger partial charge in [-0.25, -0.2) is 0 Å². The van der Waals surface area contributed by atoms with Crippen LogP contribution >= 0.6 is 12.2 Å². The fraction of sp³-hybridized carbons (Fsp3) is 0.385. The van der Waals surface area contributed by atoms with Crippen molar-refractivity contribution in [2.45, 2.75) is 19.8 Å². The van der Waals surface area contributed by atoms with Crippen molar-refractivity contribution in [3.8, 4) is 17.2 Å². The van der Waals surface area contributed by atoms with Gasteiger partial charge in [0.1, 0.15) is 17.3 Å². The third-order valence-corrected chi connectivity index (χ3v) is 3.08. The molecule has 1 aromatic heterocycles. The van der Waals surface area contributed by atoms with Gasteiger partial charge in [-0.15, -0.1) is 0 Å². The van der Waals surface area contributed by atoms with Crippen molar-refractivity contribution in [3.05, 3.63) is 28.8 Å². The number of hydrogen-bond acceptors (Lipinski definition) is 4. The van der Waals surface area contributed by atoms with Crippen LogP contribution in [0.5, 0.6) is 11.5 Å². The van der Waals surface area contributed by atoms with E-state index in [0.29, 0.717) is 4.77 Å². The molecule has 0 aliphatic carbocycles. The van der Waals surface area contributed by atoms with Gasteiger partial charge in [0.25, 0.3) is 0 Å². The van der Waals surface area contributed by atoms with E-state index in [2.05, 4.69) is 17.1 Å². The number of methoxy groups -OCH3 is 2. The fourth-order valence-corrected chi connectivity index (χ4v) is 2.17. The third-order valence-electron chi connectivity index (χ3n) is 2.81. The van der Waals surface area contributed by atoms with Gasteiger partial charge >= 0.3 is 0 Å². The Morgan fingerprint density at radius 3 is 2.37 bits per heavy atom. The van der Waals surface area contributed by atoms with Crippen molar-refractivity contribution in [3.63, 3.8) is 0 Å². The zero-order valence-electron chi connectivity index (χ0n) is 11.3. The Hall–Kier alpha value is -1.82. The first-order chi connectivity index (χ1) is 9.19. The van der Waals surface area contributed by atoms with Gasteiger partial charge in [0, 0.05) is 24.6 Å². The van der Waals surface area contributed by atoms with E-state index in [1.165, 1.54) is 0 Å². The second-order valence-electron chi connectivity index (χ2n) is 4.10. The highest BCUT2D eigenvalue weighted by molar-refractivity contribution is 7.71. The minimum atomic E-state index is 0.568. The quantitative estimate of drug-likeness (QED) is 0.855. The molecular formula is C13H17N3O2S. The maximum atomic E-state index is 5.29. The topological polar surface area (TPSA) is 52.1 Å². The Bertz CT molecular complexity index is 596. The molecule has 0 spiro atoms. The standard InChI is InChI=1S/C13H17N3O2S/c1-4-5-12-14-15-13(19)16(12)9-6-10(17-2)8-11(7-9)18-3/h6-8H,4-5H2,1-3H3,(H,15,19). The van der Waals surface area contributed by atoms with E-state index in [1.807, 2.05) is 22.8 Å². The molecule has 6 heteroatoms. The molecule has 0 radical (unpaired) electrons. The molecule has 0 fully saturated rings. The summed E-state index contributed by atoms with van der Waals surface area (Å²) in [6.45, 7) is 2.11. The summed E-state index contributed by atoms with van der Waals surface area (Å²) in [5.41, 5.74) is 0.887. The van der Waals surface area contributed by atoms with Crippen LogP contribution in [0.25, 0.3) is 5.69 Å². The first-order valence-electron chi connectivity index (χ1n) is 6.09. The van der Waals surface area contributed by atoms with Crippen LogP contribution in [0.4, 0.5) is 0 Å². The van der Waals surface area contributed by atoms with Crippen molar-refractivity contribution in [1.82, 2.24) is 14.8 Å². The Labute approximate surface area is 117 Å². The molecule has 0 bridgehead atoms. The third kappa shape index (κ3) is 2.78. The second-order valence-corrected chi connectivity index (χ2v) is 4.49. The summed E-state index contributed by atoms with van der Waals surface area (Å²) in [7, 11) is 3.25. The van der Waals surface area contributed by atoms with E-state index < -0.39 is 0 Å². The van der Waals surface area contributed by atoms with Crippen molar-refractivity contribution >= 4 is 12.2 Å². The minimum absolute atomic E-state index is 0.568. The van der Waals surface area contributed by atoms with E-state index in [4.69, 9.17) is 21.7 Å². The average molecular weight is 279 g/mol. The zero-order chi connectivity index (χ0) is 13.8. The van der Waals surface area contributed by atoms with Crippen LogP contribution in [0.3, 0.4) is 0 Å². The molecule has 102 valence electrons. The number of aryl methyl sites for hydroxylation is 1. The van der Waals surface area contributed by atoms with Crippen LogP contribution in [-0.4, -0.2) is 29.0 Å². The smallest absolute Gasteiger partial charge is 0.199 e. The van der Waals surface area contributed by atoms with Crippen molar-refractivity contribution in [2.24, 2.45) is 0 Å². The highest BCUT2D eigenvalue weighted by Crippen LogP contribution is 2.26. The van der Waals surface area contributed by atoms with Gasteiger partial charge < -0.3 is 9.47 Å². The molecule has 0 saturated heterocycles. The predicted octanol–water partition coefficient (Wildman–Crippen LogP) is 2.90. The van der Waals surface area contributed by atoms with Gasteiger partial charge in [-0.1, -0.05) is 6.92 Å². The summed E-state index contributed by atoms with van der Waals surface area (Å²) >= 11 is 5.29. The zero-order valence-corrected chi connectivity index (χ0v) is 12.1. The predicted molar refractivity (Wildman–Crippen MR) is 75.8 cm³/mol. The summed E-state index contributed by atoms with van der Waals surface area (Å²) < 4.78 is 13.0. The summed E-state index contributed by atoms with van der Waals surface area (Å²) in [5.74, 6) is 2.35. The average Bonchev–Trinajstić information content (AvgIpc) is 2.79. The second kappa shape index (κ2) is 5.88. The lowest BCUT2D eigenvalue weighted by molar-refractivity contribution is 0.394. The van der Waals surface area contributed by atoms with Crippen LogP contribution in [0.2, 0.25) is 0 Å². The number of H-pyrrole nitrogens is 1. The van der Waals surface area contributed by atoms with Crippen molar-refractivity contribution in [2.75, 3.05) is 14.2 Å². The van der Waals surface area contributed by atoms with E-state index >= 15 is 0 Å². The van der Waals surface area contributed by atoms with E-state index in [-0.39, 0.29) is 0 Å². The van der Waals surface area contributed by atoms with Gasteiger partial charge in [0.05, 0.1) is 19.9 Å². The Kier molecular flexibility index (Phi) is 4.21. The number of benzene rings is 1. The van der Waals surface area contributed by atoms with Crippen LogP contribution in [-0.2, 0) is 6.42 Å². The number of nitrogens with one attached hydrogen (secondary N) is 1. The first-order valence-corrected chi connectivity index (χ1v) is 6.50. The van der Waals surface area contributed by atoms with Gasteiger partial charge in [-0.3, -0.25) is 9.67 Å². The maximum Gasteiger partial charge on any atom is 0.199 e. The lowest BCUT2D eigenvalue weighted by Crippen LogP contribution is -2.02.